The van der Waals surface area contributed by atoms with Crippen molar-refractivity contribution >= 4 is 59.2 Å². The van der Waals surface area contributed by atoms with Crippen LogP contribution < -0.4 is 54.4 Å². The molecule has 0 aliphatic rings. The fourth-order valence-corrected chi connectivity index (χ4v) is 6.34. The first-order valence-electron chi connectivity index (χ1n) is 21.7. The van der Waals surface area contributed by atoms with Crippen molar-refractivity contribution in [1.29, 1.82) is 0 Å². The highest BCUT2D eigenvalue weighted by atomic mass is 16.4. The van der Waals surface area contributed by atoms with E-state index in [9.17, 15) is 53.4 Å². The van der Waals surface area contributed by atoms with Gasteiger partial charge in [-0.2, -0.15) is 0 Å². The van der Waals surface area contributed by atoms with Crippen LogP contribution in [0.5, 0.6) is 0 Å². The van der Waals surface area contributed by atoms with Crippen LogP contribution in [-0.2, 0) is 49.6 Å². The van der Waals surface area contributed by atoms with Gasteiger partial charge in [-0.15, -0.1) is 0 Å². The summed E-state index contributed by atoms with van der Waals surface area (Å²) >= 11 is 0. The molecule has 0 aliphatic carbocycles. The van der Waals surface area contributed by atoms with Crippen LogP contribution in [0.3, 0.4) is 0 Å². The van der Waals surface area contributed by atoms with E-state index in [-0.39, 0.29) is 56.4 Å². The quantitative estimate of drug-likeness (QED) is 0.0254. The summed E-state index contributed by atoms with van der Waals surface area (Å²) in [6, 6.07) is -1.44. The Morgan fingerprint density at radius 2 is 1.05 bits per heavy atom. The molecule has 0 radical (unpaired) electrons. The molecule has 0 saturated carbocycles. The number of nitrogens with two attached hydrogens (primary N) is 3. The minimum atomic E-state index is -1.52. The largest absolute Gasteiger partial charge is 0.481 e. The summed E-state index contributed by atoms with van der Waals surface area (Å²) in [6.07, 6.45) is -0.522. The summed E-state index contributed by atoms with van der Waals surface area (Å²) in [4.78, 5) is 122. The minimum Gasteiger partial charge on any atom is -0.481 e. The summed E-state index contributed by atoms with van der Waals surface area (Å²) in [5, 5.41) is 36.9. The maximum absolute atomic E-state index is 14.2. The van der Waals surface area contributed by atoms with Gasteiger partial charge in [-0.3, -0.25) is 43.3 Å². The number of hydrogen-bond acceptors (Lipinski definition) is 11. The number of carboxylic acid groups (broad SMARTS) is 2. The van der Waals surface area contributed by atoms with Crippen LogP contribution >= 0.6 is 0 Å². The van der Waals surface area contributed by atoms with Gasteiger partial charge < -0.3 is 64.6 Å². The smallest absolute Gasteiger partial charge is 0.326 e. The van der Waals surface area contributed by atoms with Gasteiger partial charge in [-0.1, -0.05) is 71.9 Å². The average Bonchev–Trinajstić information content (AvgIpc) is 3.20. The molecule has 65 heavy (non-hydrogen) atoms. The molecule has 364 valence electrons. The molecule has 1 aromatic rings. The number of aliphatic carboxylic acids is 2. The van der Waals surface area contributed by atoms with Crippen LogP contribution in [0.15, 0.2) is 35.3 Å². The molecule has 0 spiro atoms. The van der Waals surface area contributed by atoms with Crippen molar-refractivity contribution in [2.24, 2.45) is 39.9 Å². The molecule has 0 fully saturated rings. The van der Waals surface area contributed by atoms with Crippen molar-refractivity contribution < 1.29 is 53.4 Å². The van der Waals surface area contributed by atoms with E-state index in [1.807, 2.05) is 0 Å². The lowest BCUT2D eigenvalue weighted by molar-refractivity contribution is -0.142. The Labute approximate surface area is 380 Å². The first-order valence-corrected chi connectivity index (χ1v) is 21.7. The van der Waals surface area contributed by atoms with Crippen LogP contribution in [0.1, 0.15) is 99.5 Å². The second kappa shape index (κ2) is 28.5. The van der Waals surface area contributed by atoms with Crippen molar-refractivity contribution in [3.8, 4) is 0 Å². The molecule has 0 unspecified atom stereocenters. The van der Waals surface area contributed by atoms with Crippen molar-refractivity contribution in [2.45, 2.75) is 149 Å². The standard InChI is InChI=1S/C43H71N11O11/c1-22(2)19-30(52-41(63)34(24(5)6)54-38(60)28(49-35(57)25(7)44)15-12-18-47-43(45)46)39(61)51-31(21-27-13-10-9-11-14-27)40(62)50-29(16-17-33(55)56)37(59)48-26(8)36(58)53-32(42(64)65)20-23(3)4/h9-11,13-14,22-26,28-32,34H,12,15-21,44H2,1-8H3,(H,48,59)(H,49,57)(H,50,62)(H,51,61)(H,52,63)(H,53,58)(H,54,60)(H,55,56)(H,64,65)(H4,45,46,47)/t25-,26-,28-,29-,30-,31-,32-,34-/m0/s1. The van der Waals surface area contributed by atoms with Gasteiger partial charge in [0.25, 0.3) is 0 Å². The molecule has 0 heterocycles. The van der Waals surface area contributed by atoms with E-state index in [4.69, 9.17) is 17.2 Å². The summed E-state index contributed by atoms with van der Waals surface area (Å²) in [5.41, 5.74) is 17.1. The number of nitrogens with one attached hydrogen (secondary N) is 7. The highest BCUT2D eigenvalue weighted by Crippen LogP contribution is 2.12. The number of nitrogens with zero attached hydrogens (tertiary/aromatic N) is 1. The SMILES string of the molecule is CC(C)C[C@H](NC(=O)[C@H](C)NC(=O)[C@H](CCC(=O)O)NC(=O)[C@H](Cc1ccccc1)NC(=O)[C@H](CC(C)C)NC(=O)[C@@H](NC(=O)[C@H](CCCN=C(N)N)NC(=O)[C@H](C)N)C(C)C)C(=O)O. The molecule has 22 heteroatoms. The van der Waals surface area contributed by atoms with Crippen molar-refractivity contribution in [1.82, 2.24) is 37.2 Å². The third kappa shape index (κ3) is 22.2. The van der Waals surface area contributed by atoms with Crippen LogP contribution in [0.4, 0.5) is 0 Å². The van der Waals surface area contributed by atoms with Crippen LogP contribution in [0.2, 0.25) is 0 Å². The number of rotatable bonds is 29. The van der Waals surface area contributed by atoms with E-state index in [1.165, 1.54) is 13.8 Å². The molecule has 22 nitrogen and oxygen atoms in total. The van der Waals surface area contributed by atoms with E-state index in [0.29, 0.717) is 5.56 Å². The topological polar surface area (TPSA) is 369 Å². The number of guanidine groups is 1. The molecular formula is C43H71N11O11. The predicted molar refractivity (Wildman–Crippen MR) is 241 cm³/mol. The van der Waals surface area contributed by atoms with Gasteiger partial charge in [0.05, 0.1) is 6.04 Å². The molecule has 0 bridgehead atoms. The number of amides is 7. The van der Waals surface area contributed by atoms with Gasteiger partial charge in [0.1, 0.15) is 42.3 Å². The lowest BCUT2D eigenvalue weighted by atomic mass is 9.98. The van der Waals surface area contributed by atoms with Gasteiger partial charge >= 0.3 is 11.9 Å². The fourth-order valence-electron chi connectivity index (χ4n) is 6.34. The Bertz CT molecular complexity index is 1800. The minimum absolute atomic E-state index is 0.0801. The van der Waals surface area contributed by atoms with Gasteiger partial charge in [-0.25, -0.2) is 4.79 Å². The van der Waals surface area contributed by atoms with Crippen molar-refractivity contribution in [3.05, 3.63) is 35.9 Å². The Morgan fingerprint density at radius 1 is 0.569 bits per heavy atom. The van der Waals surface area contributed by atoms with Crippen molar-refractivity contribution in [3.63, 3.8) is 0 Å². The lowest BCUT2D eigenvalue weighted by Crippen LogP contribution is -2.61. The fraction of sp³-hybridized carbons (Fsp3) is 0.628. The molecule has 0 aliphatic heterocycles. The molecule has 7 amide bonds. The Balaban J connectivity index is 3.43. The zero-order valence-corrected chi connectivity index (χ0v) is 38.6. The van der Waals surface area contributed by atoms with Crippen molar-refractivity contribution in [2.75, 3.05) is 6.54 Å². The van der Waals surface area contributed by atoms with E-state index in [2.05, 4.69) is 42.2 Å². The number of hydrogen-bond donors (Lipinski definition) is 12. The molecule has 8 atom stereocenters. The van der Waals surface area contributed by atoms with Crippen LogP contribution in [0, 0.1) is 17.8 Å². The third-order valence-electron chi connectivity index (χ3n) is 9.85. The summed E-state index contributed by atoms with van der Waals surface area (Å²) in [5.74, 6) is -8.99. The summed E-state index contributed by atoms with van der Waals surface area (Å²) < 4.78 is 0. The second-order valence-corrected chi connectivity index (χ2v) is 17.2. The van der Waals surface area contributed by atoms with E-state index in [0.717, 1.165) is 0 Å². The highest BCUT2D eigenvalue weighted by Gasteiger charge is 2.35. The zero-order chi connectivity index (χ0) is 49.6. The number of carboxylic acids is 2. The first-order chi connectivity index (χ1) is 30.3. The number of benzene rings is 1. The maximum Gasteiger partial charge on any atom is 0.326 e. The Hall–Kier alpha value is -6.32. The predicted octanol–water partition coefficient (Wildman–Crippen LogP) is -1.26. The number of aliphatic imine (C=N–C) groups is 1. The monoisotopic (exact) mass is 918 g/mol. The van der Waals surface area contributed by atoms with Gasteiger partial charge in [0.2, 0.25) is 41.4 Å². The van der Waals surface area contributed by atoms with Gasteiger partial charge in [-0.05, 0) is 69.3 Å². The molecule has 15 N–H and O–H groups in total. The number of carbonyl (C=O) groups excluding carboxylic acids is 7. The Kier molecular flexibility index (Phi) is 24.8. The lowest BCUT2D eigenvalue weighted by Gasteiger charge is -2.29. The van der Waals surface area contributed by atoms with E-state index >= 15 is 0 Å². The molecule has 0 aromatic heterocycles. The first kappa shape index (κ1) is 56.7. The van der Waals surface area contributed by atoms with Crippen LogP contribution in [0.25, 0.3) is 0 Å². The Morgan fingerprint density at radius 3 is 1.57 bits per heavy atom. The van der Waals surface area contributed by atoms with Crippen LogP contribution in [-0.4, -0.2) is 124 Å². The molecule has 1 rings (SSSR count). The molecule has 0 saturated heterocycles. The molecular weight excluding hydrogens is 847 g/mol. The van der Waals surface area contributed by atoms with Gasteiger partial charge in [0.15, 0.2) is 5.96 Å². The third-order valence-corrected chi connectivity index (χ3v) is 9.85. The number of carbonyl (C=O) groups is 9. The van der Waals surface area contributed by atoms with E-state index < -0.39 is 120 Å². The normalized spacial score (nSPS) is 14.8. The molecule has 1 aromatic carbocycles. The van der Waals surface area contributed by atoms with E-state index in [1.54, 1.807) is 71.9 Å². The average molecular weight is 918 g/mol. The highest BCUT2D eigenvalue weighted by molar-refractivity contribution is 5.97. The summed E-state index contributed by atoms with van der Waals surface area (Å²) in [6.45, 7) is 13.4. The summed E-state index contributed by atoms with van der Waals surface area (Å²) in [7, 11) is 0. The second-order valence-electron chi connectivity index (χ2n) is 17.2. The zero-order valence-electron chi connectivity index (χ0n) is 38.6. The van der Waals surface area contributed by atoms with Gasteiger partial charge in [0, 0.05) is 19.4 Å². The maximum atomic E-state index is 14.2.